The number of ketones is 3. The number of unbranched alkanes of at least 4 members (excludes halogenated alkanes) is 3. The summed E-state index contributed by atoms with van der Waals surface area (Å²) < 4.78 is 24.0. The highest BCUT2D eigenvalue weighted by Gasteiger charge is 2.64. The second-order valence-corrected chi connectivity index (χ2v) is 25.9. The summed E-state index contributed by atoms with van der Waals surface area (Å²) in [6.07, 6.45) is 4.15. The zero-order chi connectivity index (χ0) is 64.7. The quantitative estimate of drug-likeness (QED) is 0.0241. The number of alkyl carbamates (subject to hydrolysis) is 1. The first-order chi connectivity index (χ1) is 41.0. The number of rotatable bonds is 27. The Balaban J connectivity index is 1.31. The molecule has 5 rings (SSSR count). The highest BCUT2D eigenvalue weighted by atomic mass is 79.9. The summed E-state index contributed by atoms with van der Waals surface area (Å²) in [5.74, 6) is -4.48. The van der Waals surface area contributed by atoms with Crippen LogP contribution in [0, 0.1) is 30.6 Å². The number of epoxide rings is 1. The molecule has 6 N–H and O–H groups in total. The smallest absolute Gasteiger partial charge is 0.409 e. The highest BCUT2D eigenvalue weighted by Crippen LogP contribution is 2.49. The summed E-state index contributed by atoms with van der Waals surface area (Å²) in [5, 5.41) is 21.3. The molecule has 0 spiro atoms. The lowest BCUT2D eigenvalue weighted by Gasteiger charge is -2.42. The third-order valence-electron chi connectivity index (χ3n) is 16.8. The van der Waals surface area contributed by atoms with E-state index < -0.39 is 108 Å². The Bertz CT molecular complexity index is 2910. The van der Waals surface area contributed by atoms with Crippen molar-refractivity contribution in [2.24, 2.45) is 29.4 Å². The minimum Gasteiger partial charge on any atom is -0.457 e. The molecule has 0 unspecified atom stereocenters. The van der Waals surface area contributed by atoms with Gasteiger partial charge in [-0.2, -0.15) is 0 Å². The van der Waals surface area contributed by atoms with Gasteiger partial charge in [-0.05, 0) is 101 Å². The number of urea groups is 1. The first-order valence-electron chi connectivity index (χ1n) is 29.6. The number of aliphatic hydroxyl groups is 1. The number of amides is 6. The largest absolute Gasteiger partial charge is 0.457 e. The standard InChI is InChI=1S/C63H86Br2Cl2N6O14/c1-35(2)45(30-43(74)18-13-11-12-14-20-49(75)42(33-64)34-65)57(78)70-47(19-16-24-69-60(68)81)50(76)29-40-22-23-44(46(66)27-40)58(79)72(8)39(6)59(80)86-53-31-54(77)73(9)48-28-41(26-37(4)55(48)67)25-36(3)17-15-21-52(84-10)63(83)32-51(85-61(82)71-63)38(5)56-62(53,7)87-56/h15,17,21-23,26-28,35,38-39,42,45,47,51-53,56,83H,11-14,16,18-20,24-25,29-34H2,1-10H3,(H,70,78)(H,71,82)(H3,68,69,81)/b21-15+,36-17+/t38-,39+,45+,47+,51+,52-,53+,56+,62+,63+/m1/s1. The molecule has 20 nitrogen and oxygen atoms in total. The average molecular weight is 1380 g/mol. The predicted octanol–water partition coefficient (Wildman–Crippen LogP) is 9.37. The van der Waals surface area contributed by atoms with Gasteiger partial charge in [0.1, 0.15) is 41.5 Å². The number of anilines is 1. The molecule has 0 aromatic heterocycles. The molecule has 0 saturated carbocycles. The molecule has 3 aliphatic rings. The third kappa shape index (κ3) is 19.9. The number of nitrogens with one attached hydrogen (secondary N) is 3. The molecule has 2 fully saturated rings. The highest BCUT2D eigenvalue weighted by molar-refractivity contribution is 9.09. The fourth-order valence-corrected chi connectivity index (χ4v) is 13.4. The third-order valence-corrected chi connectivity index (χ3v) is 19.2. The minimum atomic E-state index is -1.90. The molecule has 3 aliphatic heterocycles. The Morgan fingerprint density at radius 2 is 1.66 bits per heavy atom. The fourth-order valence-electron chi connectivity index (χ4n) is 11.1. The lowest BCUT2D eigenvalue weighted by molar-refractivity contribution is -0.158. The van der Waals surface area contributed by atoms with Gasteiger partial charge in [-0.25, -0.2) is 14.4 Å². The van der Waals surface area contributed by atoms with Crippen LogP contribution in [0.2, 0.25) is 10.0 Å². The maximum Gasteiger partial charge on any atom is 0.409 e. The van der Waals surface area contributed by atoms with Crippen LogP contribution in [0.4, 0.5) is 15.3 Å². The Labute approximate surface area is 537 Å². The molecule has 3 heterocycles. The van der Waals surface area contributed by atoms with E-state index in [4.69, 9.17) is 47.9 Å². The molecule has 87 heavy (non-hydrogen) atoms. The molecule has 4 bridgehead atoms. The van der Waals surface area contributed by atoms with Crippen LogP contribution >= 0.6 is 55.1 Å². The van der Waals surface area contributed by atoms with Crippen LogP contribution < -0.4 is 26.6 Å². The van der Waals surface area contributed by atoms with E-state index in [-0.39, 0.29) is 79.1 Å². The van der Waals surface area contributed by atoms with Crippen LogP contribution in [-0.2, 0) is 60.6 Å². The molecule has 2 saturated heterocycles. The van der Waals surface area contributed by atoms with E-state index in [2.05, 4.69) is 47.8 Å². The number of methoxy groups -OCH3 is 1. The van der Waals surface area contributed by atoms with Crippen molar-refractivity contribution in [3.8, 4) is 0 Å². The molecule has 10 atom stereocenters. The van der Waals surface area contributed by atoms with Crippen LogP contribution in [0.3, 0.4) is 0 Å². The second-order valence-electron chi connectivity index (χ2n) is 23.9. The Kier molecular flexibility index (Phi) is 27.5. The number of carbonyl (C=O) groups excluding carboxylic acids is 9. The van der Waals surface area contributed by atoms with E-state index >= 15 is 0 Å². The lowest BCUT2D eigenvalue weighted by atomic mass is 9.83. The molecule has 24 heteroatoms. The number of aryl methyl sites for hydroxylation is 1. The van der Waals surface area contributed by atoms with E-state index in [1.54, 1.807) is 33.0 Å². The Morgan fingerprint density at radius 3 is 2.29 bits per heavy atom. The van der Waals surface area contributed by atoms with Crippen LogP contribution in [0.15, 0.2) is 54.1 Å². The van der Waals surface area contributed by atoms with Gasteiger partial charge in [0.2, 0.25) is 11.8 Å². The molecule has 0 aliphatic carbocycles. The van der Waals surface area contributed by atoms with Crippen molar-refractivity contribution in [1.82, 2.24) is 20.9 Å². The summed E-state index contributed by atoms with van der Waals surface area (Å²) in [5.41, 5.74) is 5.34. The summed E-state index contributed by atoms with van der Waals surface area (Å²) in [6, 6.07) is 5.07. The van der Waals surface area contributed by atoms with Crippen molar-refractivity contribution < 1.29 is 67.2 Å². The monoisotopic (exact) mass is 1380 g/mol. The maximum absolute atomic E-state index is 14.5. The average Bonchev–Trinajstić information content (AvgIpc) is 1.59. The zero-order valence-electron chi connectivity index (χ0n) is 51.4. The molecule has 6 amide bonds. The number of esters is 1. The number of primary amides is 1. The molecule has 0 radical (unpaired) electrons. The summed E-state index contributed by atoms with van der Waals surface area (Å²) in [7, 11) is 4.36. The number of hydrogen-bond acceptors (Lipinski definition) is 14. The van der Waals surface area contributed by atoms with Crippen molar-refractivity contribution in [1.29, 1.82) is 0 Å². The van der Waals surface area contributed by atoms with E-state index in [1.807, 2.05) is 45.9 Å². The number of hydrogen-bond donors (Lipinski definition) is 5. The van der Waals surface area contributed by atoms with Crippen LogP contribution in [-0.4, -0.2) is 149 Å². The first-order valence-corrected chi connectivity index (χ1v) is 32.6. The number of benzene rings is 2. The number of halogens is 4. The van der Waals surface area contributed by atoms with Crippen molar-refractivity contribution in [2.45, 2.75) is 180 Å². The van der Waals surface area contributed by atoms with E-state index in [9.17, 15) is 48.3 Å². The number of likely N-dealkylation sites (N-methyl/N-ethyl adjacent to an activating group) is 1. The molecular weight excluding hydrogens is 1300 g/mol. The van der Waals surface area contributed by atoms with Gasteiger partial charge in [0.05, 0.1) is 39.9 Å². The van der Waals surface area contributed by atoms with Crippen LogP contribution in [0.1, 0.15) is 139 Å². The Morgan fingerprint density at radius 1 is 0.977 bits per heavy atom. The maximum atomic E-state index is 14.5. The van der Waals surface area contributed by atoms with Crippen molar-refractivity contribution in [3.05, 3.63) is 86.4 Å². The minimum absolute atomic E-state index is 0.0106. The van der Waals surface area contributed by atoms with Gasteiger partial charge in [0.15, 0.2) is 11.5 Å². The molecular formula is C63H86Br2Cl2N6O14. The zero-order valence-corrected chi connectivity index (χ0v) is 56.1. The molecule has 2 aromatic carbocycles. The van der Waals surface area contributed by atoms with Gasteiger partial charge in [-0.1, -0.05) is 125 Å². The van der Waals surface area contributed by atoms with E-state index in [0.29, 0.717) is 46.2 Å². The SMILES string of the molecule is CO[C@@H]1/C=C/C=C(\C)Cc2cc(C)c(Cl)c(c2)N(C)C(=O)C[C@H](OC(=O)[C@H](C)N(C)C(=O)c2ccc(CC(=O)[C@H](CCCNC(N)=O)NC(=O)[C@@H](CC(=O)CCCCCCC(=O)C(CBr)CBr)C(C)C)cc2Cl)[C@]2(C)O[C@H]2[C@H](C)[C@@H]2C[C@@]1(O)NC(=O)O2. The van der Waals surface area contributed by atoms with Gasteiger partial charge in [-0.15, -0.1) is 0 Å². The summed E-state index contributed by atoms with van der Waals surface area (Å²) in [6.45, 7) is 12.4. The number of nitrogens with two attached hydrogens (primary N) is 1. The van der Waals surface area contributed by atoms with Crippen LogP contribution in [0.25, 0.3) is 0 Å². The fraction of sp³-hybridized carbons (Fsp3) is 0.603. The predicted molar refractivity (Wildman–Crippen MR) is 339 cm³/mol. The topological polar surface area (TPSA) is 283 Å². The number of alkyl halides is 2. The van der Waals surface area contributed by atoms with Gasteiger partial charge in [-0.3, -0.25) is 34.1 Å². The number of nitrogens with zero attached hydrogens (tertiary/aromatic N) is 2. The first kappa shape index (κ1) is 72.5. The second kappa shape index (κ2) is 33.0. The number of carbonyl (C=O) groups is 9. The van der Waals surface area contributed by atoms with Crippen LogP contribution in [0.5, 0.6) is 0 Å². The van der Waals surface area contributed by atoms with Gasteiger partial charge >= 0.3 is 18.1 Å². The van der Waals surface area contributed by atoms with Gasteiger partial charge < -0.3 is 50.2 Å². The summed E-state index contributed by atoms with van der Waals surface area (Å²) >= 11 is 20.4. The Hall–Kier alpha value is -5.23. The summed E-state index contributed by atoms with van der Waals surface area (Å²) in [4.78, 5) is 124. The van der Waals surface area contributed by atoms with E-state index in [0.717, 1.165) is 40.9 Å². The van der Waals surface area contributed by atoms with Gasteiger partial charge in [0.25, 0.3) is 5.91 Å². The molecule has 2 aromatic rings. The molecule has 480 valence electrons. The number of fused-ring (bicyclic) bond motifs is 5. The van der Waals surface area contributed by atoms with Crippen molar-refractivity contribution in [2.75, 3.05) is 43.3 Å². The normalized spacial score (nSPS) is 24.3. The number of allylic oxidation sites excluding steroid dienone is 3. The van der Waals surface area contributed by atoms with E-state index in [1.165, 1.54) is 44.2 Å². The van der Waals surface area contributed by atoms with Gasteiger partial charge in [0, 0.05) is 88.3 Å². The van der Waals surface area contributed by atoms with Crippen molar-refractivity contribution in [3.63, 3.8) is 0 Å². The van der Waals surface area contributed by atoms with Crippen molar-refractivity contribution >= 4 is 114 Å². The number of ether oxygens (including phenoxy) is 4. The number of Topliss-reactive ketones (excluding diaryl/α,β-unsaturated/α-hetero) is 3. The lowest BCUT2D eigenvalue weighted by Crippen LogP contribution is -2.63.